The molecule has 0 spiro atoms. The van der Waals surface area contributed by atoms with Crippen molar-refractivity contribution >= 4 is 6.03 Å². The van der Waals surface area contributed by atoms with Crippen LogP contribution in [0.5, 0.6) is 0 Å². The minimum Gasteiger partial charge on any atom is -0.335 e. The fourth-order valence-electron chi connectivity index (χ4n) is 3.74. The molecule has 1 unspecified atom stereocenters. The molecule has 0 aliphatic heterocycles. The lowest BCUT2D eigenvalue weighted by molar-refractivity contribution is -0.244. The Morgan fingerprint density at radius 3 is 2.54 bits per heavy atom. The summed E-state index contributed by atoms with van der Waals surface area (Å²) in [6.45, 7) is 0.0359. The number of urea groups is 1. The molecule has 3 saturated carbocycles. The summed E-state index contributed by atoms with van der Waals surface area (Å²) < 4.78 is 64.1. The van der Waals surface area contributed by atoms with E-state index in [0.717, 1.165) is 0 Å². The average Bonchev–Trinajstić information content (AvgIpc) is 3.00. The summed E-state index contributed by atoms with van der Waals surface area (Å²) >= 11 is 0. The van der Waals surface area contributed by atoms with Crippen LogP contribution in [0.3, 0.4) is 0 Å². The number of alkyl halides is 5. The van der Waals surface area contributed by atoms with Gasteiger partial charge in [0.1, 0.15) is 0 Å². The molecular formula is C16H17F5N2O. The Kier molecular flexibility index (Phi) is 4.17. The zero-order chi connectivity index (χ0) is 17.5. The first kappa shape index (κ1) is 17.0. The molecule has 0 aromatic heterocycles. The molecule has 0 radical (unpaired) electrons. The van der Waals surface area contributed by atoms with Gasteiger partial charge in [0, 0.05) is 18.2 Å². The number of halogens is 5. The molecule has 2 N–H and O–H groups in total. The van der Waals surface area contributed by atoms with Gasteiger partial charge in [0.05, 0.1) is 5.41 Å². The standard InChI is InChI=1S/C16H17F5N2O/c17-13(18)10-3-1-2-9(4-10)8-22-14(24)23-12-7-15(16(19,20)21)5-11(12)6-15/h1-4,11-13H,5-8H2,(H2,22,23,24). The maximum atomic E-state index is 13.0. The second kappa shape index (κ2) is 5.89. The topological polar surface area (TPSA) is 41.1 Å². The number of hydrogen-bond acceptors (Lipinski definition) is 1. The van der Waals surface area contributed by atoms with E-state index in [1.807, 2.05) is 0 Å². The molecule has 132 valence electrons. The molecule has 0 saturated heterocycles. The third-order valence-corrected chi connectivity index (χ3v) is 5.06. The van der Waals surface area contributed by atoms with Gasteiger partial charge in [0.25, 0.3) is 6.43 Å². The minimum atomic E-state index is -4.23. The van der Waals surface area contributed by atoms with E-state index in [4.69, 9.17) is 0 Å². The van der Waals surface area contributed by atoms with Crippen LogP contribution in [0, 0.1) is 11.3 Å². The number of carbonyl (C=O) groups is 1. The average molecular weight is 348 g/mol. The number of carbonyl (C=O) groups excluding carboxylic acids is 1. The maximum absolute atomic E-state index is 13.0. The normalized spacial score (nSPS) is 28.6. The number of benzene rings is 1. The number of amides is 2. The van der Waals surface area contributed by atoms with E-state index in [2.05, 4.69) is 10.6 Å². The zero-order valence-corrected chi connectivity index (χ0v) is 12.7. The van der Waals surface area contributed by atoms with Gasteiger partial charge in [0.15, 0.2) is 0 Å². The predicted octanol–water partition coefficient (Wildman–Crippen LogP) is 4.15. The van der Waals surface area contributed by atoms with Crippen LogP contribution in [0.25, 0.3) is 0 Å². The lowest BCUT2D eigenvalue weighted by Gasteiger charge is -2.39. The van der Waals surface area contributed by atoms with Crippen molar-refractivity contribution in [2.24, 2.45) is 11.3 Å². The minimum absolute atomic E-state index is 0.0359. The highest BCUT2D eigenvalue weighted by molar-refractivity contribution is 5.74. The summed E-state index contributed by atoms with van der Waals surface area (Å²) in [7, 11) is 0. The summed E-state index contributed by atoms with van der Waals surface area (Å²) in [5, 5.41) is 5.08. The first-order chi connectivity index (χ1) is 11.2. The highest BCUT2D eigenvalue weighted by atomic mass is 19.4. The van der Waals surface area contributed by atoms with E-state index < -0.39 is 30.1 Å². The molecule has 1 aromatic carbocycles. The Morgan fingerprint density at radius 2 is 1.96 bits per heavy atom. The molecule has 0 heterocycles. The predicted molar refractivity (Wildman–Crippen MR) is 76.4 cm³/mol. The van der Waals surface area contributed by atoms with Crippen LogP contribution in [0.15, 0.2) is 24.3 Å². The Hall–Kier alpha value is -1.86. The van der Waals surface area contributed by atoms with Crippen LogP contribution in [0.1, 0.15) is 36.8 Å². The van der Waals surface area contributed by atoms with Crippen LogP contribution >= 0.6 is 0 Å². The van der Waals surface area contributed by atoms with Crippen LogP contribution in [0.4, 0.5) is 26.7 Å². The summed E-state index contributed by atoms with van der Waals surface area (Å²) in [4.78, 5) is 11.9. The van der Waals surface area contributed by atoms with Crippen molar-refractivity contribution in [2.45, 2.75) is 44.5 Å². The van der Waals surface area contributed by atoms with Crippen LogP contribution in [0.2, 0.25) is 0 Å². The third-order valence-electron chi connectivity index (χ3n) is 5.06. The molecule has 24 heavy (non-hydrogen) atoms. The van der Waals surface area contributed by atoms with E-state index in [0.29, 0.717) is 5.56 Å². The Labute approximate surface area is 135 Å². The molecule has 1 atom stereocenters. The molecule has 8 heteroatoms. The van der Waals surface area contributed by atoms with Crippen LogP contribution in [-0.2, 0) is 6.54 Å². The highest BCUT2D eigenvalue weighted by Gasteiger charge is 2.68. The fourth-order valence-corrected chi connectivity index (χ4v) is 3.74. The molecular weight excluding hydrogens is 331 g/mol. The van der Waals surface area contributed by atoms with E-state index in [9.17, 15) is 26.7 Å². The largest absolute Gasteiger partial charge is 0.394 e. The molecule has 3 nitrogen and oxygen atoms in total. The van der Waals surface area contributed by atoms with Crippen molar-refractivity contribution in [2.75, 3.05) is 0 Å². The van der Waals surface area contributed by atoms with Crippen molar-refractivity contribution in [3.63, 3.8) is 0 Å². The SMILES string of the molecule is O=C(NCc1cccc(C(F)F)c1)NC1CC2(C(F)(F)F)CC1C2. The molecule has 3 aliphatic rings. The molecule has 4 rings (SSSR count). The summed E-state index contributed by atoms with van der Waals surface area (Å²) in [6, 6.07) is 4.57. The van der Waals surface area contributed by atoms with E-state index >= 15 is 0 Å². The molecule has 2 bridgehead atoms. The van der Waals surface area contributed by atoms with E-state index in [1.54, 1.807) is 6.07 Å². The van der Waals surface area contributed by atoms with Gasteiger partial charge in [-0.1, -0.05) is 18.2 Å². The second-order valence-corrected chi connectivity index (χ2v) is 6.63. The van der Waals surface area contributed by atoms with Crippen molar-refractivity contribution < 1.29 is 26.7 Å². The van der Waals surface area contributed by atoms with Gasteiger partial charge in [-0.2, -0.15) is 13.2 Å². The van der Waals surface area contributed by atoms with Crippen LogP contribution in [-0.4, -0.2) is 18.2 Å². The fraction of sp³-hybridized carbons (Fsp3) is 0.562. The monoisotopic (exact) mass is 348 g/mol. The summed E-state index contributed by atoms with van der Waals surface area (Å²) in [5.41, 5.74) is -1.27. The maximum Gasteiger partial charge on any atom is 0.394 e. The zero-order valence-electron chi connectivity index (χ0n) is 12.7. The lowest BCUT2D eigenvalue weighted by Crippen LogP contribution is -2.44. The molecule has 3 fully saturated rings. The first-order valence-corrected chi connectivity index (χ1v) is 7.68. The van der Waals surface area contributed by atoms with Crippen molar-refractivity contribution in [1.29, 1.82) is 0 Å². The Morgan fingerprint density at radius 1 is 1.25 bits per heavy atom. The number of nitrogens with one attached hydrogen (secondary N) is 2. The van der Waals surface area contributed by atoms with Gasteiger partial charge in [-0.15, -0.1) is 0 Å². The number of hydrogen-bond donors (Lipinski definition) is 2. The lowest BCUT2D eigenvalue weighted by atomic mass is 9.69. The second-order valence-electron chi connectivity index (χ2n) is 6.63. The van der Waals surface area contributed by atoms with Gasteiger partial charge in [-0.25, -0.2) is 13.6 Å². The Balaban J connectivity index is 1.50. The summed E-state index contributed by atoms with van der Waals surface area (Å²) in [6.07, 6.45) is -6.78. The Bertz CT molecular complexity index is 625. The smallest absolute Gasteiger partial charge is 0.335 e. The summed E-state index contributed by atoms with van der Waals surface area (Å²) in [5.74, 6) is -0.139. The third kappa shape index (κ3) is 3.06. The van der Waals surface area contributed by atoms with Crippen LogP contribution < -0.4 is 10.6 Å². The highest BCUT2D eigenvalue weighted by Crippen LogP contribution is 2.65. The van der Waals surface area contributed by atoms with Gasteiger partial charge < -0.3 is 10.6 Å². The number of rotatable bonds is 4. The number of fused-ring (bicyclic) bond motifs is 1. The van der Waals surface area contributed by atoms with E-state index in [1.165, 1.54) is 18.2 Å². The quantitative estimate of drug-likeness (QED) is 0.789. The first-order valence-electron chi connectivity index (χ1n) is 7.68. The van der Waals surface area contributed by atoms with Gasteiger partial charge >= 0.3 is 12.2 Å². The molecule has 1 aromatic rings. The van der Waals surface area contributed by atoms with E-state index in [-0.39, 0.29) is 37.3 Å². The molecule has 3 aliphatic carbocycles. The van der Waals surface area contributed by atoms with Gasteiger partial charge in [-0.05, 0) is 36.8 Å². The van der Waals surface area contributed by atoms with Crippen molar-refractivity contribution in [1.82, 2.24) is 10.6 Å². The van der Waals surface area contributed by atoms with Crippen molar-refractivity contribution in [3.8, 4) is 0 Å². The van der Waals surface area contributed by atoms with Gasteiger partial charge in [0.2, 0.25) is 0 Å². The van der Waals surface area contributed by atoms with Gasteiger partial charge in [-0.3, -0.25) is 0 Å². The van der Waals surface area contributed by atoms with Crippen molar-refractivity contribution in [3.05, 3.63) is 35.4 Å². The molecule has 2 amide bonds.